The lowest BCUT2D eigenvalue weighted by atomic mass is 10.0. The van der Waals surface area contributed by atoms with Gasteiger partial charge < -0.3 is 4.42 Å². The third-order valence-corrected chi connectivity index (χ3v) is 7.05. The van der Waals surface area contributed by atoms with Crippen molar-refractivity contribution in [1.82, 2.24) is 14.5 Å². The van der Waals surface area contributed by atoms with Crippen molar-refractivity contribution in [3.8, 4) is 0 Å². The van der Waals surface area contributed by atoms with Crippen LogP contribution in [0.1, 0.15) is 52.7 Å². The highest BCUT2D eigenvalue weighted by atomic mass is 32.2. The molecule has 0 radical (unpaired) electrons. The van der Waals surface area contributed by atoms with Crippen molar-refractivity contribution in [2.45, 2.75) is 44.9 Å². The summed E-state index contributed by atoms with van der Waals surface area (Å²) in [4.78, 5) is 12.7. The predicted molar refractivity (Wildman–Crippen MR) is 122 cm³/mol. The molecular formula is C23H28N4O4S. The number of rotatable bonds is 9. The van der Waals surface area contributed by atoms with Gasteiger partial charge in [-0.25, -0.2) is 12.7 Å². The summed E-state index contributed by atoms with van der Waals surface area (Å²) in [5, 5.41) is 10.4. The summed E-state index contributed by atoms with van der Waals surface area (Å²) >= 11 is 0. The molecule has 0 saturated carbocycles. The molecule has 3 rings (SSSR count). The molecular weight excluding hydrogens is 428 g/mol. The van der Waals surface area contributed by atoms with E-state index in [0.29, 0.717) is 18.9 Å². The predicted octanol–water partition coefficient (Wildman–Crippen LogP) is 3.95. The van der Waals surface area contributed by atoms with E-state index in [4.69, 9.17) is 4.42 Å². The molecule has 0 bridgehead atoms. The number of carbonyl (C=O) groups is 1. The summed E-state index contributed by atoms with van der Waals surface area (Å²) in [6.07, 6.45) is 2.15. The van der Waals surface area contributed by atoms with Crippen molar-refractivity contribution in [3.05, 3.63) is 70.6 Å². The monoisotopic (exact) mass is 456 g/mol. The molecule has 32 heavy (non-hydrogen) atoms. The Morgan fingerprint density at radius 3 is 2.47 bits per heavy atom. The first-order chi connectivity index (χ1) is 15.2. The molecule has 0 saturated heterocycles. The Hall–Kier alpha value is -3.04. The topological polar surface area (TPSA) is 105 Å². The van der Waals surface area contributed by atoms with Gasteiger partial charge in [-0.05, 0) is 55.7 Å². The molecule has 1 amide bonds. The molecule has 0 aliphatic rings. The van der Waals surface area contributed by atoms with E-state index in [0.717, 1.165) is 24.0 Å². The number of amides is 1. The van der Waals surface area contributed by atoms with Gasteiger partial charge in [-0.2, -0.15) is 0 Å². The average Bonchev–Trinajstić information content (AvgIpc) is 3.20. The third kappa shape index (κ3) is 5.60. The molecule has 0 aliphatic heterocycles. The van der Waals surface area contributed by atoms with Gasteiger partial charge in [0, 0.05) is 19.2 Å². The maximum atomic E-state index is 12.6. The van der Waals surface area contributed by atoms with Gasteiger partial charge in [0.1, 0.15) is 0 Å². The molecule has 1 N–H and O–H groups in total. The molecule has 9 heteroatoms. The second-order valence-electron chi connectivity index (χ2n) is 7.77. The molecule has 0 aliphatic carbocycles. The summed E-state index contributed by atoms with van der Waals surface area (Å²) in [6.45, 7) is 6.50. The lowest BCUT2D eigenvalue weighted by Gasteiger charge is -2.16. The van der Waals surface area contributed by atoms with Gasteiger partial charge in [0.05, 0.1) is 11.3 Å². The van der Waals surface area contributed by atoms with E-state index in [1.807, 2.05) is 32.9 Å². The smallest absolute Gasteiger partial charge is 0.322 e. The zero-order chi connectivity index (χ0) is 23.3. The Morgan fingerprint density at radius 2 is 1.81 bits per heavy atom. The highest BCUT2D eigenvalue weighted by Gasteiger charge is 2.21. The first-order valence-corrected chi connectivity index (χ1v) is 11.9. The number of hydrogen-bond acceptors (Lipinski definition) is 6. The molecule has 2 aromatic carbocycles. The molecule has 1 heterocycles. The van der Waals surface area contributed by atoms with Gasteiger partial charge in [-0.15, -0.1) is 5.10 Å². The van der Waals surface area contributed by atoms with Crippen LogP contribution in [0, 0.1) is 13.8 Å². The number of hydrogen-bond donors (Lipinski definition) is 1. The van der Waals surface area contributed by atoms with E-state index in [9.17, 15) is 13.2 Å². The summed E-state index contributed by atoms with van der Waals surface area (Å²) in [5.41, 5.74) is 3.66. The lowest BCUT2D eigenvalue weighted by Crippen LogP contribution is -2.28. The van der Waals surface area contributed by atoms with Crippen LogP contribution >= 0.6 is 0 Å². The van der Waals surface area contributed by atoms with E-state index in [-0.39, 0.29) is 16.5 Å². The number of unbranched alkanes of at least 4 members (excludes halogenated alkanes) is 1. The van der Waals surface area contributed by atoms with Crippen molar-refractivity contribution >= 4 is 21.9 Å². The van der Waals surface area contributed by atoms with Crippen LogP contribution in [0.4, 0.5) is 6.01 Å². The van der Waals surface area contributed by atoms with Crippen LogP contribution in [0.2, 0.25) is 0 Å². The van der Waals surface area contributed by atoms with E-state index in [1.54, 1.807) is 7.05 Å². The van der Waals surface area contributed by atoms with Gasteiger partial charge in [0.15, 0.2) is 0 Å². The van der Waals surface area contributed by atoms with Crippen LogP contribution in [-0.2, 0) is 16.4 Å². The quantitative estimate of drug-likeness (QED) is 0.523. The summed E-state index contributed by atoms with van der Waals surface area (Å²) < 4.78 is 32.1. The number of carbonyl (C=O) groups excluding carboxylic acids is 1. The number of anilines is 1. The minimum absolute atomic E-state index is 0.00855. The molecule has 8 nitrogen and oxygen atoms in total. The van der Waals surface area contributed by atoms with Gasteiger partial charge in [0.25, 0.3) is 5.91 Å². The number of sulfonamides is 1. The number of benzene rings is 2. The summed E-state index contributed by atoms with van der Waals surface area (Å²) in [6, 6.07) is 11.9. The average molecular weight is 457 g/mol. The molecule has 0 atom stereocenters. The SMILES string of the molecule is CCCCN(C)S(=O)(=O)c1ccc(C(=O)Nc2nnc(Cc3ccc(C)cc3C)o2)cc1. The van der Waals surface area contributed by atoms with Crippen molar-refractivity contribution in [3.63, 3.8) is 0 Å². The molecule has 0 fully saturated rings. The van der Waals surface area contributed by atoms with Gasteiger partial charge in [-0.3, -0.25) is 10.1 Å². The normalized spacial score (nSPS) is 11.7. The molecule has 1 aromatic heterocycles. The third-order valence-electron chi connectivity index (χ3n) is 5.18. The van der Waals surface area contributed by atoms with Crippen molar-refractivity contribution in [2.24, 2.45) is 0 Å². The van der Waals surface area contributed by atoms with Crippen molar-refractivity contribution in [2.75, 3.05) is 18.9 Å². The standard InChI is InChI=1S/C23H28N4O4S/c1-5-6-13-27(4)32(29,30)20-11-9-18(10-12-20)22(28)24-23-26-25-21(31-23)15-19-8-7-16(2)14-17(19)3/h7-12,14H,5-6,13,15H2,1-4H3,(H,24,26,28). The Balaban J connectivity index is 1.65. The van der Waals surface area contributed by atoms with Crippen LogP contribution in [0.15, 0.2) is 51.8 Å². The zero-order valence-corrected chi connectivity index (χ0v) is 19.6. The lowest BCUT2D eigenvalue weighted by molar-refractivity contribution is 0.102. The number of aryl methyl sites for hydroxylation is 2. The van der Waals surface area contributed by atoms with Crippen LogP contribution in [0.5, 0.6) is 0 Å². The van der Waals surface area contributed by atoms with Crippen LogP contribution < -0.4 is 5.32 Å². The zero-order valence-electron chi connectivity index (χ0n) is 18.8. The molecule has 3 aromatic rings. The second-order valence-corrected chi connectivity index (χ2v) is 9.81. The maximum Gasteiger partial charge on any atom is 0.322 e. The van der Waals surface area contributed by atoms with Gasteiger partial charge in [-0.1, -0.05) is 42.2 Å². The fraction of sp³-hybridized carbons (Fsp3) is 0.348. The first kappa shape index (κ1) is 23.6. The summed E-state index contributed by atoms with van der Waals surface area (Å²) in [5.74, 6) is -0.0705. The van der Waals surface area contributed by atoms with Gasteiger partial charge >= 0.3 is 6.01 Å². The fourth-order valence-electron chi connectivity index (χ4n) is 3.21. The minimum Gasteiger partial charge on any atom is -0.407 e. The first-order valence-electron chi connectivity index (χ1n) is 10.5. The Kier molecular flexibility index (Phi) is 7.42. The maximum absolute atomic E-state index is 12.6. The Bertz CT molecular complexity index is 1190. The molecule has 0 spiro atoms. The largest absolute Gasteiger partial charge is 0.407 e. The minimum atomic E-state index is -3.58. The van der Waals surface area contributed by atoms with E-state index < -0.39 is 15.9 Å². The highest BCUT2D eigenvalue weighted by Crippen LogP contribution is 2.18. The van der Waals surface area contributed by atoms with Crippen LogP contribution in [0.3, 0.4) is 0 Å². The number of aromatic nitrogens is 2. The Morgan fingerprint density at radius 1 is 1.09 bits per heavy atom. The van der Waals surface area contributed by atoms with E-state index in [1.165, 1.54) is 34.1 Å². The van der Waals surface area contributed by atoms with E-state index in [2.05, 4.69) is 21.6 Å². The van der Waals surface area contributed by atoms with E-state index >= 15 is 0 Å². The number of nitrogens with one attached hydrogen (secondary N) is 1. The van der Waals surface area contributed by atoms with Crippen LogP contribution in [0.25, 0.3) is 0 Å². The molecule has 0 unspecified atom stereocenters. The Labute approximate surface area is 188 Å². The number of nitrogens with zero attached hydrogens (tertiary/aromatic N) is 3. The van der Waals surface area contributed by atoms with Crippen molar-refractivity contribution < 1.29 is 17.6 Å². The summed E-state index contributed by atoms with van der Waals surface area (Å²) in [7, 11) is -2.03. The molecule has 170 valence electrons. The van der Waals surface area contributed by atoms with Crippen LogP contribution in [-0.4, -0.2) is 42.4 Å². The van der Waals surface area contributed by atoms with Crippen molar-refractivity contribution in [1.29, 1.82) is 0 Å². The second kappa shape index (κ2) is 10.1. The fourth-order valence-corrected chi connectivity index (χ4v) is 4.42. The highest BCUT2D eigenvalue weighted by molar-refractivity contribution is 7.89. The van der Waals surface area contributed by atoms with Gasteiger partial charge in [0.2, 0.25) is 15.9 Å².